The zero-order chi connectivity index (χ0) is 20.5. The summed E-state index contributed by atoms with van der Waals surface area (Å²) in [6, 6.07) is 18.4. The highest BCUT2D eigenvalue weighted by atomic mass is 17.1. The minimum atomic E-state index is -0.944. The second-order valence-electron chi connectivity index (χ2n) is 6.45. The summed E-state index contributed by atoms with van der Waals surface area (Å²) in [5.74, 6) is 0.266. The molecule has 0 aliphatic carbocycles. The summed E-state index contributed by atoms with van der Waals surface area (Å²) < 4.78 is 5.77. The van der Waals surface area contributed by atoms with E-state index >= 15 is 0 Å². The average Bonchev–Trinajstić information content (AvgIpc) is 2.76. The maximum Gasteiger partial charge on any atom is 0.243 e. The zero-order valence-corrected chi connectivity index (χ0v) is 15.8. The van der Waals surface area contributed by atoms with Gasteiger partial charge in [0.25, 0.3) is 0 Å². The third-order valence-electron chi connectivity index (χ3n) is 4.34. The van der Waals surface area contributed by atoms with Gasteiger partial charge in [-0.05, 0) is 53.1 Å². The number of hydrogen-bond donors (Lipinski definition) is 3. The van der Waals surface area contributed by atoms with Crippen LogP contribution in [0.25, 0.3) is 11.1 Å². The molecule has 0 radical (unpaired) electrons. The van der Waals surface area contributed by atoms with E-state index in [1.807, 2.05) is 12.1 Å². The maximum absolute atomic E-state index is 11.8. The van der Waals surface area contributed by atoms with E-state index in [2.05, 4.69) is 39.5 Å². The molecule has 7 nitrogen and oxygen atoms in total. The lowest BCUT2D eigenvalue weighted by molar-refractivity contribution is -0.244. The predicted octanol–water partition coefficient (Wildman–Crippen LogP) is 3.13. The van der Waals surface area contributed by atoms with Crippen LogP contribution in [-0.2, 0) is 16.1 Å². The molecule has 0 saturated carbocycles. The van der Waals surface area contributed by atoms with E-state index in [0.717, 1.165) is 17.5 Å². The number of aromatic nitrogens is 1. The van der Waals surface area contributed by atoms with Gasteiger partial charge in [-0.2, -0.15) is 0 Å². The van der Waals surface area contributed by atoms with Crippen LogP contribution in [0, 0.1) is 0 Å². The van der Waals surface area contributed by atoms with E-state index in [1.165, 1.54) is 5.56 Å². The summed E-state index contributed by atoms with van der Waals surface area (Å²) in [5.41, 5.74) is 9.61. The van der Waals surface area contributed by atoms with Gasteiger partial charge in [-0.25, -0.2) is 4.89 Å². The highest BCUT2D eigenvalue weighted by Crippen LogP contribution is 2.19. The molecule has 0 aliphatic rings. The first-order valence-corrected chi connectivity index (χ1v) is 9.21. The molecule has 1 amide bonds. The smallest absolute Gasteiger partial charge is 0.243 e. The highest BCUT2D eigenvalue weighted by molar-refractivity contribution is 5.94. The molecule has 3 rings (SSSR count). The van der Waals surface area contributed by atoms with Gasteiger partial charge in [0.2, 0.25) is 5.91 Å². The summed E-state index contributed by atoms with van der Waals surface area (Å²) in [6.45, 7) is 0.273. The first-order valence-electron chi connectivity index (χ1n) is 9.21. The molecule has 3 aromatic rings. The molecule has 0 bridgehead atoms. The molecule has 0 spiro atoms. The molecule has 1 heterocycles. The Morgan fingerprint density at radius 3 is 2.31 bits per heavy atom. The van der Waals surface area contributed by atoms with Crippen LogP contribution in [0.1, 0.15) is 5.56 Å². The monoisotopic (exact) mass is 393 g/mol. The van der Waals surface area contributed by atoms with Gasteiger partial charge >= 0.3 is 0 Å². The van der Waals surface area contributed by atoms with Gasteiger partial charge in [0.1, 0.15) is 18.4 Å². The normalized spacial score (nSPS) is 11.7. The summed E-state index contributed by atoms with van der Waals surface area (Å²) in [5, 5.41) is 11.0. The molecule has 4 N–H and O–H groups in total. The Balaban J connectivity index is 1.46. The second-order valence-corrected chi connectivity index (χ2v) is 6.45. The Morgan fingerprint density at radius 2 is 1.66 bits per heavy atom. The lowest BCUT2D eigenvalue weighted by atomic mass is 10.0. The number of pyridine rings is 1. The Morgan fingerprint density at radius 1 is 1.00 bits per heavy atom. The Kier molecular flexibility index (Phi) is 7.29. The van der Waals surface area contributed by atoms with Crippen molar-refractivity contribution in [3.8, 4) is 16.9 Å². The molecule has 29 heavy (non-hydrogen) atoms. The molecule has 7 heteroatoms. The third-order valence-corrected chi connectivity index (χ3v) is 4.34. The number of benzene rings is 2. The van der Waals surface area contributed by atoms with E-state index < -0.39 is 11.9 Å². The van der Waals surface area contributed by atoms with Gasteiger partial charge in [-0.3, -0.25) is 15.0 Å². The van der Waals surface area contributed by atoms with Crippen LogP contribution in [0.5, 0.6) is 5.75 Å². The number of ether oxygens (including phenoxy) is 1. The quantitative estimate of drug-likeness (QED) is 0.381. The largest absolute Gasteiger partial charge is 0.493 e. The van der Waals surface area contributed by atoms with Gasteiger partial charge in [-0.1, -0.05) is 24.3 Å². The third kappa shape index (κ3) is 6.11. The van der Waals surface area contributed by atoms with Crippen molar-refractivity contribution in [1.82, 2.24) is 4.98 Å². The summed E-state index contributed by atoms with van der Waals surface area (Å²) in [7, 11) is 0. The Hall–Kier alpha value is -3.26. The first kappa shape index (κ1) is 20.5. The number of carbonyl (C=O) groups excluding carboxylic acids is 1. The van der Waals surface area contributed by atoms with Gasteiger partial charge in [0.15, 0.2) is 0 Å². The van der Waals surface area contributed by atoms with Crippen LogP contribution >= 0.6 is 0 Å². The fourth-order valence-corrected chi connectivity index (χ4v) is 2.72. The van der Waals surface area contributed by atoms with Crippen LogP contribution in [0.2, 0.25) is 0 Å². The van der Waals surface area contributed by atoms with Gasteiger partial charge in [0, 0.05) is 24.5 Å². The topological polar surface area (TPSA) is 107 Å². The number of nitrogens with two attached hydrogens (primary N) is 1. The van der Waals surface area contributed by atoms with Crippen molar-refractivity contribution in [3.05, 3.63) is 78.6 Å². The number of nitrogens with zero attached hydrogens (tertiary/aromatic N) is 1. The Bertz CT molecular complexity index is 900. The van der Waals surface area contributed by atoms with Crippen molar-refractivity contribution < 1.29 is 19.7 Å². The van der Waals surface area contributed by atoms with Crippen molar-refractivity contribution in [1.29, 1.82) is 0 Å². The van der Waals surface area contributed by atoms with Gasteiger partial charge in [0.05, 0.1) is 6.61 Å². The predicted molar refractivity (Wildman–Crippen MR) is 110 cm³/mol. The minimum absolute atomic E-state index is 0.267. The fraction of sp³-hybridized carbons (Fsp3) is 0.182. The summed E-state index contributed by atoms with van der Waals surface area (Å²) >= 11 is 0. The molecule has 1 atom stereocenters. The van der Waals surface area contributed by atoms with Crippen molar-refractivity contribution in [2.24, 2.45) is 5.73 Å². The van der Waals surface area contributed by atoms with E-state index in [9.17, 15) is 4.79 Å². The van der Waals surface area contributed by atoms with Crippen LogP contribution in [0.4, 0.5) is 5.69 Å². The van der Waals surface area contributed by atoms with Gasteiger partial charge < -0.3 is 15.8 Å². The number of carbonyl (C=O) groups is 1. The minimum Gasteiger partial charge on any atom is -0.493 e. The van der Waals surface area contributed by atoms with Crippen LogP contribution in [0.15, 0.2) is 73.1 Å². The number of nitrogens with one attached hydrogen (secondary N) is 1. The van der Waals surface area contributed by atoms with Gasteiger partial charge in [-0.15, -0.1) is 0 Å². The molecular weight excluding hydrogens is 370 g/mol. The molecule has 0 unspecified atom stereocenters. The number of rotatable bonds is 9. The number of anilines is 1. The van der Waals surface area contributed by atoms with Crippen molar-refractivity contribution in [2.75, 3.05) is 18.5 Å². The van der Waals surface area contributed by atoms with Crippen LogP contribution in [-0.4, -0.2) is 35.4 Å². The van der Waals surface area contributed by atoms with Crippen molar-refractivity contribution in [2.45, 2.75) is 12.5 Å². The van der Waals surface area contributed by atoms with E-state index in [1.54, 1.807) is 36.7 Å². The molecule has 0 fully saturated rings. The molecule has 2 aromatic carbocycles. The standard InChI is InChI=1S/C22H23N3O4/c23-21(15-29-27)22(26)25-19-5-7-20(8-6-19)28-14-11-16-1-3-17(4-2-16)18-9-12-24-13-10-18/h1-10,12-13,21,27H,11,14-15,23H2,(H,25,26)/t21-/m0/s1. The SMILES string of the molecule is N[C@@H](COO)C(=O)Nc1ccc(OCCc2ccc(-c3ccncc3)cc2)cc1. The molecule has 0 aliphatic heterocycles. The lowest BCUT2D eigenvalue weighted by Crippen LogP contribution is -2.39. The Labute approximate surface area is 169 Å². The fourth-order valence-electron chi connectivity index (χ4n) is 2.72. The van der Waals surface area contributed by atoms with Crippen LogP contribution < -0.4 is 15.8 Å². The lowest BCUT2D eigenvalue weighted by Gasteiger charge is -2.11. The zero-order valence-electron chi connectivity index (χ0n) is 15.8. The number of amides is 1. The highest BCUT2D eigenvalue weighted by Gasteiger charge is 2.13. The van der Waals surface area contributed by atoms with Crippen molar-refractivity contribution in [3.63, 3.8) is 0 Å². The van der Waals surface area contributed by atoms with E-state index in [-0.39, 0.29) is 6.61 Å². The molecular formula is C22H23N3O4. The van der Waals surface area contributed by atoms with Crippen LogP contribution in [0.3, 0.4) is 0 Å². The average molecular weight is 393 g/mol. The number of hydrogen-bond acceptors (Lipinski definition) is 6. The van der Waals surface area contributed by atoms with Crippen molar-refractivity contribution >= 4 is 11.6 Å². The van der Waals surface area contributed by atoms with E-state index in [0.29, 0.717) is 18.0 Å². The summed E-state index contributed by atoms with van der Waals surface area (Å²) in [4.78, 5) is 19.7. The first-order chi connectivity index (χ1) is 14.2. The molecule has 0 saturated heterocycles. The maximum atomic E-state index is 11.8. The van der Waals surface area contributed by atoms with E-state index in [4.69, 9.17) is 15.7 Å². The molecule has 1 aromatic heterocycles. The second kappa shape index (κ2) is 10.3. The summed E-state index contributed by atoms with van der Waals surface area (Å²) in [6.07, 6.45) is 4.35. The molecule has 150 valence electrons.